The van der Waals surface area contributed by atoms with Gasteiger partial charge in [-0.3, -0.25) is 0 Å². The summed E-state index contributed by atoms with van der Waals surface area (Å²) in [6.45, 7) is 6.16. The zero-order valence-corrected chi connectivity index (χ0v) is 13.6. The van der Waals surface area contributed by atoms with Gasteiger partial charge in [0.15, 0.2) is 0 Å². The Morgan fingerprint density at radius 2 is 1.95 bits per heavy atom. The Morgan fingerprint density at radius 3 is 2.59 bits per heavy atom. The number of hydrogen-bond acceptors (Lipinski definition) is 4. The quantitative estimate of drug-likeness (QED) is 0.837. The Hall–Kier alpha value is -1.95. The number of piperazine rings is 1. The van der Waals surface area contributed by atoms with E-state index in [4.69, 9.17) is 9.47 Å². The first-order valence-corrected chi connectivity index (χ1v) is 7.57. The molecule has 2 rings (SSSR count). The first-order chi connectivity index (χ1) is 10.7. The summed E-state index contributed by atoms with van der Waals surface area (Å²) >= 11 is 0. The highest BCUT2D eigenvalue weighted by Crippen LogP contribution is 2.29. The molecule has 0 atom stereocenters. The lowest BCUT2D eigenvalue weighted by Crippen LogP contribution is -2.52. The topological polar surface area (TPSA) is 54.0 Å². The lowest BCUT2D eigenvalue weighted by atomic mass is 10.1. The second kappa shape index (κ2) is 7.89. The fourth-order valence-electron chi connectivity index (χ4n) is 2.57. The van der Waals surface area contributed by atoms with E-state index < -0.39 is 0 Å². The van der Waals surface area contributed by atoms with Crippen molar-refractivity contribution in [1.29, 1.82) is 0 Å². The number of methoxy groups -OCH3 is 2. The number of rotatable bonds is 5. The average Bonchev–Trinajstić information content (AvgIpc) is 2.55. The van der Waals surface area contributed by atoms with Crippen LogP contribution in [0.5, 0.6) is 5.75 Å². The van der Waals surface area contributed by atoms with Gasteiger partial charge in [-0.1, -0.05) is 6.07 Å². The molecule has 0 spiro atoms. The minimum Gasteiger partial charge on any atom is -0.495 e. The number of hydrogen-bond donors (Lipinski definition) is 1. The van der Waals surface area contributed by atoms with E-state index in [1.165, 1.54) is 5.56 Å². The summed E-state index contributed by atoms with van der Waals surface area (Å²) in [6, 6.07) is 6.15. The SMILES string of the molecule is COCCNC(=O)N1CCN(c2cc(C)ccc2OC)CC1. The summed E-state index contributed by atoms with van der Waals surface area (Å²) in [6.07, 6.45) is 0. The van der Waals surface area contributed by atoms with Gasteiger partial charge < -0.3 is 24.6 Å². The Balaban J connectivity index is 1.92. The Kier molecular flexibility index (Phi) is 5.89. The number of aryl methyl sites for hydroxylation is 1. The molecule has 1 saturated heterocycles. The highest BCUT2D eigenvalue weighted by molar-refractivity contribution is 5.74. The van der Waals surface area contributed by atoms with E-state index in [9.17, 15) is 4.79 Å². The Bertz CT molecular complexity index is 499. The van der Waals surface area contributed by atoms with Gasteiger partial charge in [0.25, 0.3) is 0 Å². The van der Waals surface area contributed by atoms with E-state index in [2.05, 4.69) is 23.2 Å². The molecule has 1 aliphatic heterocycles. The molecule has 6 nitrogen and oxygen atoms in total. The molecule has 1 fully saturated rings. The predicted molar refractivity (Wildman–Crippen MR) is 86.8 cm³/mol. The molecule has 0 unspecified atom stereocenters. The molecule has 1 heterocycles. The monoisotopic (exact) mass is 307 g/mol. The van der Waals surface area contributed by atoms with E-state index in [1.54, 1.807) is 14.2 Å². The summed E-state index contributed by atoms with van der Waals surface area (Å²) in [5.74, 6) is 0.878. The largest absolute Gasteiger partial charge is 0.495 e. The van der Waals surface area contributed by atoms with Crippen molar-refractivity contribution in [2.24, 2.45) is 0 Å². The molecule has 0 aliphatic carbocycles. The van der Waals surface area contributed by atoms with Crippen LogP contribution in [0.15, 0.2) is 18.2 Å². The predicted octanol–water partition coefficient (Wildman–Crippen LogP) is 1.48. The molecule has 2 amide bonds. The van der Waals surface area contributed by atoms with Gasteiger partial charge in [-0.15, -0.1) is 0 Å². The van der Waals surface area contributed by atoms with Crippen molar-refractivity contribution in [1.82, 2.24) is 10.2 Å². The van der Waals surface area contributed by atoms with Crippen LogP contribution in [0.3, 0.4) is 0 Å². The van der Waals surface area contributed by atoms with Crippen LogP contribution in [0.2, 0.25) is 0 Å². The normalized spacial score (nSPS) is 14.9. The minimum atomic E-state index is -0.0205. The highest BCUT2D eigenvalue weighted by atomic mass is 16.5. The van der Waals surface area contributed by atoms with E-state index in [-0.39, 0.29) is 6.03 Å². The van der Waals surface area contributed by atoms with Gasteiger partial charge >= 0.3 is 6.03 Å². The molecule has 1 aliphatic rings. The van der Waals surface area contributed by atoms with E-state index in [0.29, 0.717) is 26.2 Å². The number of amides is 2. The Morgan fingerprint density at radius 1 is 1.23 bits per heavy atom. The van der Waals surface area contributed by atoms with Gasteiger partial charge in [0.05, 0.1) is 19.4 Å². The fourth-order valence-corrected chi connectivity index (χ4v) is 2.57. The fraction of sp³-hybridized carbons (Fsp3) is 0.562. The van der Waals surface area contributed by atoms with Gasteiger partial charge in [0, 0.05) is 39.8 Å². The maximum Gasteiger partial charge on any atom is 0.317 e. The second-order valence-corrected chi connectivity index (χ2v) is 5.37. The van der Waals surface area contributed by atoms with Crippen molar-refractivity contribution >= 4 is 11.7 Å². The van der Waals surface area contributed by atoms with Crippen molar-refractivity contribution in [3.63, 3.8) is 0 Å². The zero-order valence-electron chi connectivity index (χ0n) is 13.6. The number of carbonyl (C=O) groups excluding carboxylic acids is 1. The van der Waals surface area contributed by atoms with Crippen molar-refractivity contribution in [2.45, 2.75) is 6.92 Å². The van der Waals surface area contributed by atoms with Crippen molar-refractivity contribution in [3.8, 4) is 5.75 Å². The third kappa shape index (κ3) is 4.04. The van der Waals surface area contributed by atoms with Crippen LogP contribution in [0.4, 0.5) is 10.5 Å². The van der Waals surface area contributed by atoms with Crippen LogP contribution in [0.25, 0.3) is 0 Å². The van der Waals surface area contributed by atoms with Crippen LogP contribution in [0, 0.1) is 6.92 Å². The number of benzene rings is 1. The number of carbonyl (C=O) groups is 1. The lowest BCUT2D eigenvalue weighted by molar-refractivity contribution is 0.177. The number of anilines is 1. The highest BCUT2D eigenvalue weighted by Gasteiger charge is 2.22. The van der Waals surface area contributed by atoms with Gasteiger partial charge in [-0.25, -0.2) is 4.79 Å². The number of urea groups is 1. The summed E-state index contributed by atoms with van der Waals surface area (Å²) in [5, 5.41) is 2.86. The molecule has 0 saturated carbocycles. The molecular formula is C16H25N3O3. The average molecular weight is 307 g/mol. The third-order valence-corrected chi connectivity index (χ3v) is 3.82. The van der Waals surface area contributed by atoms with E-state index >= 15 is 0 Å². The van der Waals surface area contributed by atoms with Crippen LogP contribution in [-0.4, -0.2) is 64.5 Å². The molecule has 1 aromatic carbocycles. The molecule has 6 heteroatoms. The molecule has 1 N–H and O–H groups in total. The van der Waals surface area contributed by atoms with E-state index in [0.717, 1.165) is 24.5 Å². The third-order valence-electron chi connectivity index (χ3n) is 3.82. The van der Waals surface area contributed by atoms with Crippen LogP contribution in [-0.2, 0) is 4.74 Å². The number of nitrogens with zero attached hydrogens (tertiary/aromatic N) is 2. The molecule has 22 heavy (non-hydrogen) atoms. The van der Waals surface area contributed by atoms with E-state index in [1.807, 2.05) is 17.0 Å². The maximum absolute atomic E-state index is 12.0. The first kappa shape index (κ1) is 16.4. The molecule has 1 aromatic rings. The lowest BCUT2D eigenvalue weighted by Gasteiger charge is -2.36. The number of ether oxygens (including phenoxy) is 2. The number of nitrogens with one attached hydrogen (secondary N) is 1. The Labute approximate surface area is 132 Å². The zero-order chi connectivity index (χ0) is 15.9. The van der Waals surface area contributed by atoms with Gasteiger partial charge in [0.1, 0.15) is 5.75 Å². The van der Waals surface area contributed by atoms with Crippen molar-refractivity contribution in [2.75, 3.05) is 58.5 Å². The van der Waals surface area contributed by atoms with Crippen LogP contribution < -0.4 is 15.0 Å². The van der Waals surface area contributed by atoms with Gasteiger partial charge in [-0.05, 0) is 24.6 Å². The summed E-state index contributed by atoms with van der Waals surface area (Å²) < 4.78 is 10.4. The van der Waals surface area contributed by atoms with Gasteiger partial charge in [-0.2, -0.15) is 0 Å². The molecule has 0 aromatic heterocycles. The summed E-state index contributed by atoms with van der Waals surface area (Å²) in [4.78, 5) is 16.1. The molecule has 0 bridgehead atoms. The standard InChI is InChI=1S/C16H25N3O3/c1-13-4-5-15(22-3)14(12-13)18-7-9-19(10-8-18)16(20)17-6-11-21-2/h4-5,12H,6-11H2,1-3H3,(H,17,20). The van der Waals surface area contributed by atoms with Crippen molar-refractivity contribution < 1.29 is 14.3 Å². The molecule has 0 radical (unpaired) electrons. The summed E-state index contributed by atoms with van der Waals surface area (Å²) in [7, 11) is 3.31. The van der Waals surface area contributed by atoms with Crippen LogP contribution in [0.1, 0.15) is 5.56 Å². The smallest absolute Gasteiger partial charge is 0.317 e. The van der Waals surface area contributed by atoms with Gasteiger partial charge in [0.2, 0.25) is 0 Å². The minimum absolute atomic E-state index is 0.0205. The maximum atomic E-state index is 12.0. The van der Waals surface area contributed by atoms with Crippen molar-refractivity contribution in [3.05, 3.63) is 23.8 Å². The molecule has 122 valence electrons. The summed E-state index contributed by atoms with van der Waals surface area (Å²) in [5.41, 5.74) is 2.30. The second-order valence-electron chi connectivity index (χ2n) is 5.37. The first-order valence-electron chi connectivity index (χ1n) is 7.57. The van der Waals surface area contributed by atoms with Crippen LogP contribution >= 0.6 is 0 Å². The molecular weight excluding hydrogens is 282 g/mol.